The third-order valence-electron chi connectivity index (χ3n) is 5.15. The Morgan fingerprint density at radius 3 is 2.58 bits per heavy atom. The normalized spacial score (nSPS) is 14.2. The number of para-hydroxylation sites is 1. The predicted molar refractivity (Wildman–Crippen MR) is 120 cm³/mol. The van der Waals surface area contributed by atoms with Gasteiger partial charge in [-0.2, -0.15) is 10.4 Å². The molecule has 2 aromatic heterocycles. The molecule has 0 bridgehead atoms. The van der Waals surface area contributed by atoms with Crippen molar-refractivity contribution in [2.75, 3.05) is 31.2 Å². The molecule has 0 spiro atoms. The quantitative estimate of drug-likeness (QED) is 0.524. The lowest BCUT2D eigenvalue weighted by atomic mass is 10.2. The highest BCUT2D eigenvalue weighted by atomic mass is 32.2. The summed E-state index contributed by atoms with van der Waals surface area (Å²) in [7, 11) is 0. The first-order valence-electron chi connectivity index (χ1n) is 10.5. The van der Waals surface area contributed by atoms with Crippen LogP contribution in [0.4, 0.5) is 5.95 Å². The lowest BCUT2D eigenvalue weighted by Gasteiger charge is -2.28. The molecule has 3 heterocycles. The zero-order chi connectivity index (χ0) is 21.8. The summed E-state index contributed by atoms with van der Waals surface area (Å²) in [5, 5.41) is 24.2. The van der Waals surface area contributed by atoms with Crippen LogP contribution in [-0.2, 0) is 17.0 Å². The van der Waals surface area contributed by atoms with Crippen molar-refractivity contribution in [2.45, 2.75) is 38.2 Å². The van der Waals surface area contributed by atoms with Crippen LogP contribution < -0.4 is 4.90 Å². The Labute approximate surface area is 186 Å². The molecule has 3 aromatic rings. The minimum atomic E-state index is 0.460. The highest BCUT2D eigenvalue weighted by molar-refractivity contribution is 7.98. The predicted octanol–water partition coefficient (Wildman–Crippen LogP) is 3.43. The molecular weight excluding hydrogens is 410 g/mol. The first kappa shape index (κ1) is 21.4. The first-order valence-corrected chi connectivity index (χ1v) is 11.5. The van der Waals surface area contributed by atoms with Crippen molar-refractivity contribution in [3.8, 4) is 11.8 Å². The largest absolute Gasteiger partial charge is 0.378 e. The minimum absolute atomic E-state index is 0.460. The van der Waals surface area contributed by atoms with Crippen LogP contribution in [0.15, 0.2) is 35.5 Å². The molecule has 1 fully saturated rings. The van der Waals surface area contributed by atoms with E-state index in [4.69, 9.17) is 4.74 Å². The van der Waals surface area contributed by atoms with Crippen LogP contribution in [0, 0.1) is 24.2 Å². The van der Waals surface area contributed by atoms with E-state index >= 15 is 0 Å². The van der Waals surface area contributed by atoms with Crippen LogP contribution in [0.2, 0.25) is 0 Å². The Morgan fingerprint density at radius 2 is 1.90 bits per heavy atom. The lowest BCUT2D eigenvalue weighted by molar-refractivity contribution is 0.121. The number of aromatic nitrogens is 5. The molecule has 0 N–H and O–H groups in total. The molecular formula is C22H27N7OS. The van der Waals surface area contributed by atoms with E-state index in [2.05, 4.69) is 44.7 Å². The van der Waals surface area contributed by atoms with E-state index in [1.165, 1.54) is 0 Å². The molecule has 0 unspecified atom stereocenters. The van der Waals surface area contributed by atoms with Gasteiger partial charge in [0.25, 0.3) is 0 Å². The molecule has 1 aromatic carbocycles. The molecule has 162 valence electrons. The molecule has 0 amide bonds. The van der Waals surface area contributed by atoms with Crippen LogP contribution in [0.5, 0.6) is 0 Å². The maximum Gasteiger partial charge on any atom is 0.228 e. The summed E-state index contributed by atoms with van der Waals surface area (Å²) in [5.74, 6) is 1.94. The minimum Gasteiger partial charge on any atom is -0.378 e. The summed E-state index contributed by atoms with van der Waals surface area (Å²) in [6.07, 6.45) is 0. The van der Waals surface area contributed by atoms with E-state index in [0.29, 0.717) is 30.4 Å². The van der Waals surface area contributed by atoms with E-state index < -0.39 is 0 Å². The second-order valence-electron chi connectivity index (χ2n) is 7.94. The monoisotopic (exact) mass is 437 g/mol. The number of morpholine rings is 1. The molecule has 1 aliphatic rings. The highest BCUT2D eigenvalue weighted by Crippen LogP contribution is 2.29. The number of benzene rings is 1. The van der Waals surface area contributed by atoms with Gasteiger partial charge >= 0.3 is 0 Å². The molecule has 8 nitrogen and oxygen atoms in total. The van der Waals surface area contributed by atoms with Gasteiger partial charge in [0.15, 0.2) is 5.16 Å². The van der Waals surface area contributed by atoms with Gasteiger partial charge < -0.3 is 9.64 Å². The zero-order valence-electron chi connectivity index (χ0n) is 18.2. The Bertz CT molecular complexity index is 1060. The second-order valence-corrected chi connectivity index (χ2v) is 8.88. The lowest BCUT2D eigenvalue weighted by Crippen LogP contribution is -2.38. The Kier molecular flexibility index (Phi) is 6.59. The zero-order valence-corrected chi connectivity index (χ0v) is 19.0. The summed E-state index contributed by atoms with van der Waals surface area (Å²) >= 11 is 1.60. The molecule has 0 radical (unpaired) electrons. The molecule has 0 atom stereocenters. The molecule has 0 aliphatic carbocycles. The number of hydrogen-bond donors (Lipinski definition) is 0. The van der Waals surface area contributed by atoms with Gasteiger partial charge in [-0.1, -0.05) is 43.8 Å². The van der Waals surface area contributed by atoms with E-state index in [-0.39, 0.29) is 0 Å². The van der Waals surface area contributed by atoms with Crippen molar-refractivity contribution in [1.82, 2.24) is 24.5 Å². The Hall–Kier alpha value is -2.83. The first-order chi connectivity index (χ1) is 15.1. The van der Waals surface area contributed by atoms with E-state index in [9.17, 15) is 5.26 Å². The maximum absolute atomic E-state index is 9.74. The van der Waals surface area contributed by atoms with Crippen molar-refractivity contribution in [2.24, 2.45) is 5.92 Å². The van der Waals surface area contributed by atoms with Gasteiger partial charge in [0.05, 0.1) is 35.9 Å². The van der Waals surface area contributed by atoms with Crippen LogP contribution >= 0.6 is 11.8 Å². The molecule has 4 rings (SSSR count). The van der Waals surface area contributed by atoms with Gasteiger partial charge in [0, 0.05) is 25.4 Å². The van der Waals surface area contributed by atoms with E-state index in [1.54, 1.807) is 11.8 Å². The Balaban J connectivity index is 1.64. The highest BCUT2D eigenvalue weighted by Gasteiger charge is 2.23. The molecule has 0 saturated carbocycles. The van der Waals surface area contributed by atoms with Crippen molar-refractivity contribution in [3.05, 3.63) is 47.3 Å². The SMILES string of the molecule is Cc1nn(-c2ccccc2)c(CSc2nnc(N3CCOCC3)n2CC(C)C)c1C#N. The average molecular weight is 438 g/mol. The van der Waals surface area contributed by atoms with Crippen molar-refractivity contribution < 1.29 is 4.74 Å². The van der Waals surface area contributed by atoms with Gasteiger partial charge in [0.2, 0.25) is 5.95 Å². The van der Waals surface area contributed by atoms with Gasteiger partial charge in [-0.25, -0.2) is 4.68 Å². The topological polar surface area (TPSA) is 84.8 Å². The number of aryl methyl sites for hydroxylation is 1. The number of ether oxygens (including phenoxy) is 1. The summed E-state index contributed by atoms with van der Waals surface area (Å²) in [6, 6.07) is 12.3. The molecule has 31 heavy (non-hydrogen) atoms. The summed E-state index contributed by atoms with van der Waals surface area (Å²) < 4.78 is 9.56. The third-order valence-corrected chi connectivity index (χ3v) is 6.12. The molecule has 9 heteroatoms. The average Bonchev–Trinajstić information content (AvgIpc) is 3.33. The van der Waals surface area contributed by atoms with Crippen LogP contribution in [-0.4, -0.2) is 50.8 Å². The Morgan fingerprint density at radius 1 is 1.16 bits per heavy atom. The fourth-order valence-corrected chi connectivity index (χ4v) is 4.62. The molecule has 1 saturated heterocycles. The van der Waals surface area contributed by atoms with Crippen LogP contribution in [0.25, 0.3) is 5.69 Å². The van der Waals surface area contributed by atoms with Crippen molar-refractivity contribution in [1.29, 1.82) is 5.26 Å². The van der Waals surface area contributed by atoms with E-state index in [1.807, 2.05) is 41.9 Å². The van der Waals surface area contributed by atoms with Crippen molar-refractivity contribution in [3.63, 3.8) is 0 Å². The smallest absolute Gasteiger partial charge is 0.228 e. The number of thioether (sulfide) groups is 1. The van der Waals surface area contributed by atoms with Gasteiger partial charge in [-0.05, 0) is 25.0 Å². The summed E-state index contributed by atoms with van der Waals surface area (Å²) in [4.78, 5) is 2.24. The standard InChI is InChI=1S/C22H27N7OS/c1-16(2)14-28-21(27-9-11-30-12-10-27)24-25-22(28)31-15-20-19(13-23)17(3)26-29(20)18-7-5-4-6-8-18/h4-8,16H,9-12,14-15H2,1-3H3. The number of nitriles is 1. The van der Waals surface area contributed by atoms with Crippen LogP contribution in [0.3, 0.4) is 0 Å². The summed E-state index contributed by atoms with van der Waals surface area (Å²) in [5.41, 5.74) is 3.18. The number of nitrogens with zero attached hydrogens (tertiary/aromatic N) is 7. The number of anilines is 1. The second kappa shape index (κ2) is 9.54. The van der Waals surface area contributed by atoms with Gasteiger partial charge in [-0.15, -0.1) is 10.2 Å². The third kappa shape index (κ3) is 4.60. The summed E-state index contributed by atoms with van der Waals surface area (Å²) in [6.45, 7) is 10.2. The van der Waals surface area contributed by atoms with E-state index in [0.717, 1.165) is 47.8 Å². The molecule has 1 aliphatic heterocycles. The fourth-order valence-electron chi connectivity index (χ4n) is 3.68. The van der Waals surface area contributed by atoms with Gasteiger partial charge in [-0.3, -0.25) is 4.57 Å². The number of hydrogen-bond acceptors (Lipinski definition) is 7. The van der Waals surface area contributed by atoms with Crippen molar-refractivity contribution >= 4 is 17.7 Å². The number of rotatable bonds is 7. The fraction of sp³-hybridized carbons (Fsp3) is 0.455. The maximum atomic E-state index is 9.74. The van der Waals surface area contributed by atoms with Gasteiger partial charge in [0.1, 0.15) is 6.07 Å². The van der Waals surface area contributed by atoms with Crippen LogP contribution in [0.1, 0.15) is 30.8 Å².